The van der Waals surface area contributed by atoms with Crippen molar-refractivity contribution in [2.75, 3.05) is 30.3 Å². The van der Waals surface area contributed by atoms with Crippen molar-refractivity contribution in [2.45, 2.75) is 40.0 Å². The van der Waals surface area contributed by atoms with Gasteiger partial charge in [-0.15, -0.1) is 0 Å². The molecule has 3 heteroatoms. The zero-order valence-corrected chi connectivity index (χ0v) is 13.1. The molecule has 0 aromatic heterocycles. The number of hydrogen-bond donors (Lipinski definition) is 1. The van der Waals surface area contributed by atoms with Gasteiger partial charge in [0.2, 0.25) is 0 Å². The Kier molecular flexibility index (Phi) is 5.16. The van der Waals surface area contributed by atoms with Crippen LogP contribution in [-0.2, 0) is 0 Å². The first-order chi connectivity index (χ1) is 9.63. The maximum Gasteiger partial charge on any atom is 0.144 e. The van der Waals surface area contributed by atoms with Crippen LogP contribution in [0.4, 0.5) is 11.4 Å². The SMILES string of the molecule is CCCOc1cccc(N2CCC(C(C)C)CC2)c1N. The molecular formula is C17H28N2O. The molecule has 1 aromatic rings. The highest BCUT2D eigenvalue weighted by Gasteiger charge is 2.23. The van der Waals surface area contributed by atoms with E-state index in [1.807, 2.05) is 12.1 Å². The number of benzene rings is 1. The summed E-state index contributed by atoms with van der Waals surface area (Å²) >= 11 is 0. The van der Waals surface area contributed by atoms with E-state index in [1.54, 1.807) is 0 Å². The highest BCUT2D eigenvalue weighted by Crippen LogP contribution is 2.35. The molecule has 2 N–H and O–H groups in total. The van der Waals surface area contributed by atoms with E-state index < -0.39 is 0 Å². The van der Waals surface area contributed by atoms with Gasteiger partial charge in [-0.2, -0.15) is 0 Å². The molecule has 0 unspecified atom stereocenters. The van der Waals surface area contributed by atoms with E-state index in [4.69, 9.17) is 10.5 Å². The Morgan fingerprint density at radius 3 is 2.60 bits per heavy atom. The fourth-order valence-electron chi connectivity index (χ4n) is 2.95. The fraction of sp³-hybridized carbons (Fsp3) is 0.647. The van der Waals surface area contributed by atoms with Crippen LogP contribution in [0.2, 0.25) is 0 Å². The monoisotopic (exact) mass is 276 g/mol. The highest BCUT2D eigenvalue weighted by molar-refractivity contribution is 5.74. The van der Waals surface area contributed by atoms with Gasteiger partial charge in [-0.3, -0.25) is 0 Å². The maximum absolute atomic E-state index is 6.28. The molecule has 1 aromatic carbocycles. The zero-order chi connectivity index (χ0) is 14.5. The summed E-state index contributed by atoms with van der Waals surface area (Å²) in [7, 11) is 0. The third kappa shape index (κ3) is 3.38. The van der Waals surface area contributed by atoms with Crippen LogP contribution in [0.15, 0.2) is 18.2 Å². The van der Waals surface area contributed by atoms with Gasteiger partial charge in [0.1, 0.15) is 5.75 Å². The van der Waals surface area contributed by atoms with Gasteiger partial charge in [-0.25, -0.2) is 0 Å². The standard InChI is InChI=1S/C17H28N2O/c1-4-12-20-16-7-5-6-15(17(16)18)19-10-8-14(9-11-19)13(2)3/h5-7,13-14H,4,8-12,18H2,1-3H3. The van der Waals surface area contributed by atoms with Crippen molar-refractivity contribution >= 4 is 11.4 Å². The molecule has 0 atom stereocenters. The van der Waals surface area contributed by atoms with Crippen LogP contribution < -0.4 is 15.4 Å². The average Bonchev–Trinajstić information content (AvgIpc) is 2.46. The molecule has 1 heterocycles. The lowest BCUT2D eigenvalue weighted by Gasteiger charge is -2.36. The first-order valence-corrected chi connectivity index (χ1v) is 7.89. The topological polar surface area (TPSA) is 38.5 Å². The number of nitrogens with two attached hydrogens (primary N) is 1. The molecule has 112 valence electrons. The van der Waals surface area contributed by atoms with Gasteiger partial charge in [0.25, 0.3) is 0 Å². The van der Waals surface area contributed by atoms with E-state index in [-0.39, 0.29) is 0 Å². The molecule has 0 amide bonds. The van der Waals surface area contributed by atoms with Gasteiger partial charge in [-0.05, 0) is 43.2 Å². The summed E-state index contributed by atoms with van der Waals surface area (Å²) in [5.74, 6) is 2.47. The lowest BCUT2D eigenvalue weighted by molar-refractivity contribution is 0.310. The molecule has 0 saturated carbocycles. The number of nitrogens with zero attached hydrogens (tertiary/aromatic N) is 1. The molecule has 3 nitrogen and oxygen atoms in total. The molecular weight excluding hydrogens is 248 g/mol. The molecule has 20 heavy (non-hydrogen) atoms. The van der Waals surface area contributed by atoms with E-state index in [9.17, 15) is 0 Å². The van der Waals surface area contributed by atoms with Crippen molar-refractivity contribution in [2.24, 2.45) is 11.8 Å². The Bertz CT molecular complexity index is 423. The number of ether oxygens (including phenoxy) is 1. The van der Waals surface area contributed by atoms with Crippen LogP contribution in [0.3, 0.4) is 0 Å². The van der Waals surface area contributed by atoms with Gasteiger partial charge < -0.3 is 15.4 Å². The molecule has 2 rings (SSSR count). The highest BCUT2D eigenvalue weighted by atomic mass is 16.5. The molecule has 0 radical (unpaired) electrons. The summed E-state index contributed by atoms with van der Waals surface area (Å²) in [6, 6.07) is 6.13. The van der Waals surface area contributed by atoms with Crippen LogP contribution in [0.25, 0.3) is 0 Å². The van der Waals surface area contributed by atoms with Gasteiger partial charge >= 0.3 is 0 Å². The fourth-order valence-corrected chi connectivity index (χ4v) is 2.95. The predicted molar refractivity (Wildman–Crippen MR) is 86.4 cm³/mol. The van der Waals surface area contributed by atoms with Gasteiger partial charge in [-0.1, -0.05) is 26.8 Å². The average molecular weight is 276 g/mol. The Hall–Kier alpha value is -1.38. The maximum atomic E-state index is 6.28. The third-order valence-corrected chi connectivity index (χ3v) is 4.33. The second kappa shape index (κ2) is 6.87. The Balaban J connectivity index is 2.06. The van der Waals surface area contributed by atoms with Crippen molar-refractivity contribution in [3.8, 4) is 5.75 Å². The second-order valence-corrected chi connectivity index (χ2v) is 6.11. The minimum Gasteiger partial charge on any atom is -0.491 e. The summed E-state index contributed by atoms with van der Waals surface area (Å²) in [5.41, 5.74) is 8.22. The van der Waals surface area contributed by atoms with E-state index >= 15 is 0 Å². The quantitative estimate of drug-likeness (QED) is 0.828. The molecule has 0 bridgehead atoms. The van der Waals surface area contributed by atoms with Crippen LogP contribution in [0.5, 0.6) is 5.75 Å². The largest absolute Gasteiger partial charge is 0.491 e. The Morgan fingerprint density at radius 1 is 1.30 bits per heavy atom. The van der Waals surface area contributed by atoms with E-state index in [0.717, 1.165) is 55.1 Å². The van der Waals surface area contributed by atoms with Crippen molar-refractivity contribution < 1.29 is 4.74 Å². The zero-order valence-electron chi connectivity index (χ0n) is 13.1. The normalized spacial score (nSPS) is 16.7. The summed E-state index contributed by atoms with van der Waals surface area (Å²) in [6.07, 6.45) is 3.53. The molecule has 1 fully saturated rings. The summed E-state index contributed by atoms with van der Waals surface area (Å²) in [6.45, 7) is 9.69. The lowest BCUT2D eigenvalue weighted by atomic mass is 9.86. The number of rotatable bonds is 5. The van der Waals surface area contributed by atoms with Crippen molar-refractivity contribution in [1.29, 1.82) is 0 Å². The first kappa shape index (κ1) is 15.0. The molecule has 0 spiro atoms. The minimum atomic E-state index is 0.725. The summed E-state index contributed by atoms with van der Waals surface area (Å²) in [4.78, 5) is 2.41. The molecule has 1 aliphatic heterocycles. The molecule has 1 saturated heterocycles. The predicted octanol–water partition coefficient (Wildman–Crippen LogP) is 3.93. The molecule has 0 aliphatic carbocycles. The Labute approximate surface area is 123 Å². The van der Waals surface area contributed by atoms with Crippen LogP contribution in [0.1, 0.15) is 40.0 Å². The molecule has 1 aliphatic rings. The van der Waals surface area contributed by atoms with Crippen LogP contribution in [0, 0.1) is 11.8 Å². The van der Waals surface area contributed by atoms with E-state index in [0.29, 0.717) is 0 Å². The van der Waals surface area contributed by atoms with Gasteiger partial charge in [0.05, 0.1) is 18.0 Å². The van der Waals surface area contributed by atoms with E-state index in [1.165, 1.54) is 12.8 Å². The van der Waals surface area contributed by atoms with Gasteiger partial charge in [0.15, 0.2) is 0 Å². The lowest BCUT2D eigenvalue weighted by Crippen LogP contribution is -2.35. The first-order valence-electron chi connectivity index (χ1n) is 7.89. The minimum absolute atomic E-state index is 0.725. The van der Waals surface area contributed by atoms with Crippen LogP contribution in [-0.4, -0.2) is 19.7 Å². The number of piperidine rings is 1. The van der Waals surface area contributed by atoms with Crippen molar-refractivity contribution in [3.63, 3.8) is 0 Å². The number of nitrogen functional groups attached to an aromatic ring is 1. The number of anilines is 2. The number of para-hydroxylation sites is 1. The van der Waals surface area contributed by atoms with Crippen LogP contribution >= 0.6 is 0 Å². The van der Waals surface area contributed by atoms with Crippen molar-refractivity contribution in [1.82, 2.24) is 0 Å². The second-order valence-electron chi connectivity index (χ2n) is 6.11. The van der Waals surface area contributed by atoms with Crippen molar-refractivity contribution in [3.05, 3.63) is 18.2 Å². The Morgan fingerprint density at radius 2 is 2.00 bits per heavy atom. The third-order valence-electron chi connectivity index (χ3n) is 4.33. The number of hydrogen-bond acceptors (Lipinski definition) is 3. The summed E-state index contributed by atoms with van der Waals surface area (Å²) in [5, 5.41) is 0. The smallest absolute Gasteiger partial charge is 0.144 e. The summed E-state index contributed by atoms with van der Waals surface area (Å²) < 4.78 is 5.73. The van der Waals surface area contributed by atoms with Gasteiger partial charge in [0, 0.05) is 13.1 Å². The van der Waals surface area contributed by atoms with E-state index in [2.05, 4.69) is 31.7 Å².